The van der Waals surface area contributed by atoms with E-state index in [4.69, 9.17) is 0 Å². The van der Waals surface area contributed by atoms with Gasteiger partial charge in [-0.1, -0.05) is 42.5 Å². The molecular formula is C16H19NS. The molecule has 0 fully saturated rings. The number of hydrogen-bond acceptors (Lipinski definition) is 2. The van der Waals surface area contributed by atoms with Crippen molar-refractivity contribution in [1.29, 1.82) is 0 Å². The predicted octanol–water partition coefficient (Wildman–Crippen LogP) is 4.01. The molecule has 94 valence electrons. The average Bonchev–Trinajstić information content (AvgIpc) is 2.40. The van der Waals surface area contributed by atoms with Crippen LogP contribution in [0.2, 0.25) is 0 Å². The van der Waals surface area contributed by atoms with Crippen LogP contribution in [0.1, 0.15) is 16.7 Å². The first-order valence-electron chi connectivity index (χ1n) is 6.21. The fourth-order valence-corrected chi connectivity index (χ4v) is 3.04. The maximum absolute atomic E-state index is 3.22. The van der Waals surface area contributed by atoms with Gasteiger partial charge in [0.15, 0.2) is 0 Å². The van der Waals surface area contributed by atoms with Crippen LogP contribution in [0, 0.1) is 6.92 Å². The van der Waals surface area contributed by atoms with Crippen LogP contribution in [0.4, 0.5) is 0 Å². The lowest BCUT2D eigenvalue weighted by Gasteiger charge is -2.09. The summed E-state index contributed by atoms with van der Waals surface area (Å²) < 4.78 is 0. The topological polar surface area (TPSA) is 12.0 Å². The molecule has 0 saturated heterocycles. The quantitative estimate of drug-likeness (QED) is 0.812. The van der Waals surface area contributed by atoms with E-state index in [2.05, 4.69) is 60.8 Å². The van der Waals surface area contributed by atoms with E-state index in [0.717, 1.165) is 12.3 Å². The molecule has 0 aliphatic rings. The second kappa shape index (κ2) is 6.62. The van der Waals surface area contributed by atoms with Crippen molar-refractivity contribution in [3.63, 3.8) is 0 Å². The highest BCUT2D eigenvalue weighted by atomic mass is 32.2. The number of thioether (sulfide) groups is 1. The zero-order chi connectivity index (χ0) is 12.8. The van der Waals surface area contributed by atoms with Gasteiger partial charge in [0.25, 0.3) is 0 Å². The minimum Gasteiger partial charge on any atom is -0.316 e. The molecule has 0 amide bonds. The lowest BCUT2D eigenvalue weighted by molar-refractivity contribution is 0.803. The second-order valence-electron chi connectivity index (χ2n) is 4.35. The average molecular weight is 257 g/mol. The van der Waals surface area contributed by atoms with Crippen LogP contribution in [0.5, 0.6) is 0 Å². The molecule has 1 N–H and O–H groups in total. The fraction of sp³-hybridized carbons (Fsp3) is 0.250. The molecule has 18 heavy (non-hydrogen) atoms. The smallest absolute Gasteiger partial charge is 0.0234 e. The number of rotatable bonds is 5. The van der Waals surface area contributed by atoms with E-state index in [1.807, 2.05) is 18.8 Å². The van der Waals surface area contributed by atoms with E-state index < -0.39 is 0 Å². The SMILES string of the molecule is CNCc1ccccc1SCc1ccccc1C. The van der Waals surface area contributed by atoms with Crippen LogP contribution in [-0.2, 0) is 12.3 Å². The molecule has 0 saturated carbocycles. The van der Waals surface area contributed by atoms with Crippen LogP contribution >= 0.6 is 11.8 Å². The summed E-state index contributed by atoms with van der Waals surface area (Å²) in [6, 6.07) is 17.2. The van der Waals surface area contributed by atoms with Crippen molar-refractivity contribution in [2.24, 2.45) is 0 Å². The number of benzene rings is 2. The maximum Gasteiger partial charge on any atom is 0.0234 e. The van der Waals surface area contributed by atoms with Crippen LogP contribution in [0.25, 0.3) is 0 Å². The summed E-state index contributed by atoms with van der Waals surface area (Å²) in [5.41, 5.74) is 4.16. The second-order valence-corrected chi connectivity index (χ2v) is 5.37. The highest BCUT2D eigenvalue weighted by molar-refractivity contribution is 7.98. The highest BCUT2D eigenvalue weighted by Crippen LogP contribution is 2.27. The Hall–Kier alpha value is -1.25. The van der Waals surface area contributed by atoms with Gasteiger partial charge in [-0.15, -0.1) is 11.8 Å². The summed E-state index contributed by atoms with van der Waals surface area (Å²) in [6.45, 7) is 3.10. The Bertz CT molecular complexity index is 508. The van der Waals surface area contributed by atoms with Gasteiger partial charge in [0.05, 0.1) is 0 Å². The van der Waals surface area contributed by atoms with Crippen molar-refractivity contribution in [3.05, 3.63) is 65.2 Å². The molecule has 1 nitrogen and oxygen atoms in total. The van der Waals surface area contributed by atoms with E-state index in [1.54, 1.807) is 0 Å². The molecule has 2 aromatic carbocycles. The predicted molar refractivity (Wildman–Crippen MR) is 79.9 cm³/mol. The van der Waals surface area contributed by atoms with Crippen molar-refractivity contribution in [2.75, 3.05) is 7.05 Å². The Morgan fingerprint density at radius 3 is 2.33 bits per heavy atom. The monoisotopic (exact) mass is 257 g/mol. The lowest BCUT2D eigenvalue weighted by Crippen LogP contribution is -2.05. The van der Waals surface area contributed by atoms with Crippen molar-refractivity contribution in [3.8, 4) is 0 Å². The number of aryl methyl sites for hydroxylation is 1. The molecule has 0 aromatic heterocycles. The summed E-state index contributed by atoms with van der Waals surface area (Å²) in [6.07, 6.45) is 0. The molecular weight excluding hydrogens is 238 g/mol. The van der Waals surface area contributed by atoms with E-state index in [0.29, 0.717) is 0 Å². The zero-order valence-electron chi connectivity index (χ0n) is 10.9. The Balaban J connectivity index is 2.08. The molecule has 0 aliphatic heterocycles. The molecule has 0 radical (unpaired) electrons. The van der Waals surface area contributed by atoms with Gasteiger partial charge >= 0.3 is 0 Å². The van der Waals surface area contributed by atoms with Crippen LogP contribution in [0.3, 0.4) is 0 Å². The van der Waals surface area contributed by atoms with Crippen molar-refractivity contribution >= 4 is 11.8 Å². The van der Waals surface area contributed by atoms with Crippen LogP contribution < -0.4 is 5.32 Å². The Morgan fingerprint density at radius 1 is 0.944 bits per heavy atom. The van der Waals surface area contributed by atoms with E-state index in [1.165, 1.54) is 21.6 Å². The summed E-state index contributed by atoms with van der Waals surface area (Å²) in [5.74, 6) is 1.04. The first-order valence-corrected chi connectivity index (χ1v) is 7.19. The van der Waals surface area contributed by atoms with Gasteiger partial charge in [0.2, 0.25) is 0 Å². The van der Waals surface area contributed by atoms with Crippen LogP contribution in [0.15, 0.2) is 53.4 Å². The van der Waals surface area contributed by atoms with Crippen molar-refractivity contribution in [2.45, 2.75) is 24.1 Å². The highest BCUT2D eigenvalue weighted by Gasteiger charge is 2.03. The maximum atomic E-state index is 3.22. The van der Waals surface area contributed by atoms with Crippen molar-refractivity contribution in [1.82, 2.24) is 5.32 Å². The lowest BCUT2D eigenvalue weighted by atomic mass is 10.1. The summed E-state index contributed by atoms with van der Waals surface area (Å²) in [4.78, 5) is 1.37. The molecule has 0 aliphatic carbocycles. The molecule has 2 rings (SSSR count). The number of nitrogens with one attached hydrogen (secondary N) is 1. The van der Waals surface area contributed by atoms with Gasteiger partial charge in [0, 0.05) is 17.2 Å². The van der Waals surface area contributed by atoms with Gasteiger partial charge in [-0.3, -0.25) is 0 Å². The minimum absolute atomic E-state index is 0.928. The largest absolute Gasteiger partial charge is 0.316 e. The zero-order valence-corrected chi connectivity index (χ0v) is 11.8. The van der Waals surface area contributed by atoms with E-state index in [9.17, 15) is 0 Å². The third-order valence-electron chi connectivity index (χ3n) is 2.98. The van der Waals surface area contributed by atoms with E-state index in [-0.39, 0.29) is 0 Å². The van der Waals surface area contributed by atoms with Gasteiger partial charge < -0.3 is 5.32 Å². The summed E-state index contributed by atoms with van der Waals surface area (Å²) in [5, 5.41) is 3.22. The molecule has 0 spiro atoms. The first kappa shape index (κ1) is 13.2. The Labute approximate surface area is 114 Å². The van der Waals surface area contributed by atoms with E-state index >= 15 is 0 Å². The van der Waals surface area contributed by atoms with Gasteiger partial charge in [-0.25, -0.2) is 0 Å². The minimum atomic E-state index is 0.928. The summed E-state index contributed by atoms with van der Waals surface area (Å²) >= 11 is 1.91. The Morgan fingerprint density at radius 2 is 1.61 bits per heavy atom. The third kappa shape index (κ3) is 3.37. The van der Waals surface area contributed by atoms with Gasteiger partial charge in [0.1, 0.15) is 0 Å². The standard InChI is InChI=1S/C16H19NS/c1-13-7-3-4-9-15(13)12-18-16-10-6-5-8-14(16)11-17-2/h3-10,17H,11-12H2,1-2H3. The van der Waals surface area contributed by atoms with Crippen molar-refractivity contribution < 1.29 is 0 Å². The number of hydrogen-bond donors (Lipinski definition) is 1. The summed E-state index contributed by atoms with van der Waals surface area (Å²) in [7, 11) is 1.99. The fourth-order valence-electron chi connectivity index (χ4n) is 1.91. The molecule has 0 atom stereocenters. The molecule has 0 heterocycles. The third-order valence-corrected chi connectivity index (χ3v) is 4.15. The first-order chi connectivity index (χ1) is 8.81. The van der Waals surface area contributed by atoms with Crippen LogP contribution in [-0.4, -0.2) is 7.05 Å². The molecule has 2 aromatic rings. The normalized spacial score (nSPS) is 10.6. The molecule has 0 unspecified atom stereocenters. The van der Waals surface area contributed by atoms with Gasteiger partial charge in [-0.05, 0) is 36.7 Å². The molecule has 2 heteroatoms. The van der Waals surface area contributed by atoms with Gasteiger partial charge in [-0.2, -0.15) is 0 Å². The Kier molecular flexibility index (Phi) is 4.85. The molecule has 0 bridgehead atoms.